The number of nitrogens with zero attached hydrogens (tertiary/aromatic N) is 3. The first-order valence-electron chi connectivity index (χ1n) is 6.71. The van der Waals surface area contributed by atoms with Gasteiger partial charge >= 0.3 is 0 Å². The van der Waals surface area contributed by atoms with E-state index >= 15 is 0 Å². The molecular weight excluding hydrogens is 256 g/mol. The second kappa shape index (κ2) is 6.47. The summed E-state index contributed by atoms with van der Waals surface area (Å²) in [6, 6.07) is 3.40. The van der Waals surface area contributed by atoms with Crippen molar-refractivity contribution in [1.29, 1.82) is 0 Å². The normalized spacial score (nSPS) is 20.3. The second-order valence-corrected chi connectivity index (χ2v) is 5.06. The largest absolute Gasteiger partial charge is 0.359 e. The zero-order chi connectivity index (χ0) is 14.5. The van der Waals surface area contributed by atoms with Gasteiger partial charge in [-0.3, -0.25) is 14.6 Å². The zero-order valence-electron chi connectivity index (χ0n) is 11.9. The minimum Gasteiger partial charge on any atom is -0.359 e. The molecule has 1 N–H and O–H groups in total. The highest BCUT2D eigenvalue weighted by Crippen LogP contribution is 2.12. The summed E-state index contributed by atoms with van der Waals surface area (Å²) < 4.78 is 0. The molecular formula is C14H20N4O2. The number of pyridine rings is 1. The van der Waals surface area contributed by atoms with Crippen LogP contribution in [0.4, 0.5) is 0 Å². The number of amides is 2. The molecule has 20 heavy (non-hydrogen) atoms. The van der Waals surface area contributed by atoms with E-state index < -0.39 is 0 Å². The Kier molecular flexibility index (Phi) is 4.68. The van der Waals surface area contributed by atoms with Gasteiger partial charge < -0.3 is 15.1 Å². The van der Waals surface area contributed by atoms with Crippen LogP contribution in [0.5, 0.6) is 0 Å². The van der Waals surface area contributed by atoms with Gasteiger partial charge in [-0.25, -0.2) is 0 Å². The van der Waals surface area contributed by atoms with Crippen LogP contribution in [0.1, 0.15) is 10.4 Å². The van der Waals surface area contributed by atoms with E-state index in [-0.39, 0.29) is 17.7 Å². The van der Waals surface area contributed by atoms with E-state index in [0.717, 1.165) is 6.54 Å². The molecule has 1 aliphatic heterocycles. The molecule has 1 saturated heterocycles. The molecule has 1 fully saturated rings. The fourth-order valence-corrected chi connectivity index (χ4v) is 2.41. The van der Waals surface area contributed by atoms with Crippen molar-refractivity contribution in [2.75, 3.05) is 40.3 Å². The Morgan fingerprint density at radius 1 is 1.25 bits per heavy atom. The molecule has 2 amide bonds. The number of nitrogens with one attached hydrogen (secondary N) is 1. The number of carbonyl (C=O) groups is 2. The zero-order valence-corrected chi connectivity index (χ0v) is 11.9. The maximum absolute atomic E-state index is 12.5. The van der Waals surface area contributed by atoms with Gasteiger partial charge in [0.2, 0.25) is 5.91 Å². The maximum atomic E-state index is 12.5. The van der Waals surface area contributed by atoms with Crippen molar-refractivity contribution in [3.8, 4) is 0 Å². The minimum absolute atomic E-state index is 0.0220. The van der Waals surface area contributed by atoms with Crippen LogP contribution in [0.15, 0.2) is 24.5 Å². The predicted octanol–water partition coefficient (Wildman–Crippen LogP) is -0.169. The fraction of sp³-hybridized carbons (Fsp3) is 0.500. The van der Waals surface area contributed by atoms with E-state index in [9.17, 15) is 9.59 Å². The van der Waals surface area contributed by atoms with E-state index in [1.807, 2.05) is 7.05 Å². The summed E-state index contributed by atoms with van der Waals surface area (Å²) in [6.07, 6.45) is 3.21. The van der Waals surface area contributed by atoms with Gasteiger partial charge in [0.15, 0.2) is 0 Å². The lowest BCUT2D eigenvalue weighted by Crippen LogP contribution is -2.41. The quantitative estimate of drug-likeness (QED) is 0.814. The van der Waals surface area contributed by atoms with Gasteiger partial charge in [-0.15, -0.1) is 0 Å². The second-order valence-electron chi connectivity index (χ2n) is 5.06. The third-order valence-electron chi connectivity index (χ3n) is 3.56. The van der Waals surface area contributed by atoms with Crippen LogP contribution >= 0.6 is 0 Å². The van der Waals surface area contributed by atoms with E-state index in [0.29, 0.717) is 25.2 Å². The van der Waals surface area contributed by atoms with Crippen LogP contribution in [0.2, 0.25) is 0 Å². The lowest BCUT2D eigenvalue weighted by Gasteiger charge is -2.23. The molecule has 0 unspecified atom stereocenters. The van der Waals surface area contributed by atoms with Crippen molar-refractivity contribution >= 4 is 11.8 Å². The first-order chi connectivity index (χ1) is 9.61. The third-order valence-corrected chi connectivity index (χ3v) is 3.56. The molecule has 0 aliphatic carbocycles. The summed E-state index contributed by atoms with van der Waals surface area (Å²) in [4.78, 5) is 32.1. The Morgan fingerprint density at radius 2 is 1.95 bits per heavy atom. The van der Waals surface area contributed by atoms with Gasteiger partial charge in [-0.05, 0) is 19.2 Å². The predicted molar refractivity (Wildman–Crippen MR) is 75.2 cm³/mol. The highest BCUT2D eigenvalue weighted by molar-refractivity contribution is 5.94. The van der Waals surface area contributed by atoms with Crippen LogP contribution in [0.3, 0.4) is 0 Å². The molecule has 1 aliphatic rings. The number of hydrogen-bond donors (Lipinski definition) is 1. The molecule has 0 aromatic carbocycles. The van der Waals surface area contributed by atoms with Crippen molar-refractivity contribution in [2.45, 2.75) is 0 Å². The van der Waals surface area contributed by atoms with Crippen molar-refractivity contribution in [3.05, 3.63) is 30.1 Å². The SMILES string of the molecule is CNC(=O)[C@@H]1CN(C)CCN(C(=O)c2ccncc2)C1. The van der Waals surface area contributed by atoms with Gasteiger partial charge in [0.05, 0.1) is 5.92 Å². The standard InChI is InChI=1S/C14H20N4O2/c1-15-13(19)12-9-17(2)7-8-18(10-12)14(20)11-3-5-16-6-4-11/h3-6,12H,7-10H2,1-2H3,(H,15,19)/t12-/m1/s1. The van der Waals surface area contributed by atoms with Gasteiger partial charge in [-0.2, -0.15) is 0 Å². The number of carbonyl (C=O) groups excluding carboxylic acids is 2. The van der Waals surface area contributed by atoms with E-state index in [4.69, 9.17) is 0 Å². The molecule has 6 heteroatoms. The van der Waals surface area contributed by atoms with Crippen molar-refractivity contribution in [1.82, 2.24) is 20.1 Å². The number of aromatic nitrogens is 1. The summed E-state index contributed by atoms with van der Waals surface area (Å²) in [5.41, 5.74) is 0.611. The Morgan fingerprint density at radius 3 is 2.60 bits per heavy atom. The lowest BCUT2D eigenvalue weighted by molar-refractivity contribution is -0.125. The van der Waals surface area contributed by atoms with Crippen LogP contribution in [-0.2, 0) is 4.79 Å². The number of likely N-dealkylation sites (N-methyl/N-ethyl adjacent to an activating group) is 1. The fourth-order valence-electron chi connectivity index (χ4n) is 2.41. The Hall–Kier alpha value is -1.95. The van der Waals surface area contributed by atoms with Gasteiger partial charge in [0.25, 0.3) is 5.91 Å². The Labute approximate surface area is 118 Å². The first kappa shape index (κ1) is 14.5. The molecule has 2 heterocycles. The highest BCUT2D eigenvalue weighted by Gasteiger charge is 2.28. The molecule has 0 spiro atoms. The molecule has 0 saturated carbocycles. The van der Waals surface area contributed by atoms with Gasteiger partial charge in [0, 0.05) is 51.2 Å². The van der Waals surface area contributed by atoms with Gasteiger partial charge in [0.1, 0.15) is 0 Å². The summed E-state index contributed by atoms with van der Waals surface area (Å²) in [6.45, 7) is 2.51. The summed E-state index contributed by atoms with van der Waals surface area (Å²) in [5, 5.41) is 2.67. The number of hydrogen-bond acceptors (Lipinski definition) is 4. The molecule has 2 rings (SSSR count). The topological polar surface area (TPSA) is 65.5 Å². The van der Waals surface area contributed by atoms with Crippen LogP contribution in [-0.4, -0.2) is 66.9 Å². The average Bonchev–Trinajstić information content (AvgIpc) is 2.68. The molecule has 0 bridgehead atoms. The average molecular weight is 276 g/mol. The van der Waals surface area contributed by atoms with Crippen molar-refractivity contribution in [2.24, 2.45) is 5.92 Å². The molecule has 108 valence electrons. The van der Waals surface area contributed by atoms with Crippen molar-refractivity contribution < 1.29 is 9.59 Å². The van der Waals surface area contributed by atoms with Crippen LogP contribution in [0.25, 0.3) is 0 Å². The van der Waals surface area contributed by atoms with E-state index in [2.05, 4.69) is 15.2 Å². The first-order valence-corrected chi connectivity index (χ1v) is 6.71. The Bertz CT molecular complexity index is 477. The summed E-state index contributed by atoms with van der Waals surface area (Å²) >= 11 is 0. The van der Waals surface area contributed by atoms with Crippen molar-refractivity contribution in [3.63, 3.8) is 0 Å². The smallest absolute Gasteiger partial charge is 0.254 e. The van der Waals surface area contributed by atoms with Crippen LogP contribution < -0.4 is 5.32 Å². The summed E-state index contributed by atoms with van der Waals surface area (Å²) in [7, 11) is 3.60. The van der Waals surface area contributed by atoms with E-state index in [1.54, 1.807) is 36.5 Å². The van der Waals surface area contributed by atoms with E-state index in [1.165, 1.54) is 0 Å². The molecule has 1 aromatic rings. The minimum atomic E-state index is -0.196. The maximum Gasteiger partial charge on any atom is 0.254 e. The van der Waals surface area contributed by atoms with Crippen LogP contribution in [0, 0.1) is 5.92 Å². The molecule has 6 nitrogen and oxygen atoms in total. The summed E-state index contributed by atoms with van der Waals surface area (Å²) in [5.74, 6) is -0.263. The highest BCUT2D eigenvalue weighted by atomic mass is 16.2. The monoisotopic (exact) mass is 276 g/mol. The van der Waals surface area contributed by atoms with Gasteiger partial charge in [-0.1, -0.05) is 0 Å². The Balaban J connectivity index is 2.14. The lowest BCUT2D eigenvalue weighted by atomic mass is 10.1. The molecule has 0 radical (unpaired) electrons. The number of rotatable bonds is 2. The molecule has 1 atom stereocenters. The third kappa shape index (κ3) is 3.33. The molecule has 1 aromatic heterocycles.